The summed E-state index contributed by atoms with van der Waals surface area (Å²) in [7, 11) is 0. The number of aliphatic hydroxyl groups is 1. The van der Waals surface area contributed by atoms with Crippen molar-refractivity contribution in [3.63, 3.8) is 0 Å². The Morgan fingerprint density at radius 3 is 2.82 bits per heavy atom. The van der Waals surface area contributed by atoms with Crippen molar-refractivity contribution in [1.29, 1.82) is 0 Å². The van der Waals surface area contributed by atoms with E-state index in [1.807, 2.05) is 32.9 Å². The molecule has 1 N–H and O–H groups in total. The highest BCUT2D eigenvalue weighted by atomic mass is 16.3. The van der Waals surface area contributed by atoms with Crippen LogP contribution in [0.2, 0.25) is 0 Å². The molecule has 0 bridgehead atoms. The maximum atomic E-state index is 9.81. The van der Waals surface area contributed by atoms with Gasteiger partial charge in [0.05, 0.1) is 18.6 Å². The number of allylic oxidation sites excluding steroid dienone is 3. The SMILES string of the molecule is CC(C)=CC#CC(C)=CCC(O)c1ccoc1. The molecule has 17 heavy (non-hydrogen) atoms. The summed E-state index contributed by atoms with van der Waals surface area (Å²) in [5.41, 5.74) is 2.94. The second-order valence-electron chi connectivity index (χ2n) is 4.19. The first-order valence-corrected chi connectivity index (χ1v) is 5.61. The Morgan fingerprint density at radius 1 is 1.47 bits per heavy atom. The van der Waals surface area contributed by atoms with Crippen molar-refractivity contribution in [2.45, 2.75) is 33.3 Å². The minimum atomic E-state index is -0.519. The van der Waals surface area contributed by atoms with E-state index in [0.717, 1.165) is 11.1 Å². The van der Waals surface area contributed by atoms with Crippen LogP contribution in [-0.2, 0) is 0 Å². The van der Waals surface area contributed by atoms with E-state index in [1.54, 1.807) is 18.6 Å². The van der Waals surface area contributed by atoms with E-state index in [4.69, 9.17) is 4.42 Å². The molecule has 1 aromatic heterocycles. The fourth-order valence-corrected chi connectivity index (χ4v) is 1.23. The van der Waals surface area contributed by atoms with Crippen molar-refractivity contribution >= 4 is 0 Å². The van der Waals surface area contributed by atoms with Gasteiger partial charge in [0.15, 0.2) is 0 Å². The quantitative estimate of drug-likeness (QED) is 0.804. The summed E-state index contributed by atoms with van der Waals surface area (Å²) < 4.78 is 4.92. The zero-order valence-electron chi connectivity index (χ0n) is 10.5. The molecule has 1 aromatic rings. The summed E-state index contributed by atoms with van der Waals surface area (Å²) in [6.45, 7) is 5.96. The molecular weight excluding hydrogens is 212 g/mol. The Hall–Kier alpha value is -1.72. The lowest BCUT2D eigenvalue weighted by molar-refractivity contribution is 0.180. The monoisotopic (exact) mass is 230 g/mol. The number of hydrogen-bond acceptors (Lipinski definition) is 2. The Balaban J connectivity index is 2.53. The summed E-state index contributed by atoms with van der Waals surface area (Å²) in [6, 6.07) is 1.77. The van der Waals surface area contributed by atoms with E-state index in [0.29, 0.717) is 6.42 Å². The minimum absolute atomic E-state index is 0.519. The molecule has 0 aromatic carbocycles. The average molecular weight is 230 g/mol. The fourth-order valence-electron chi connectivity index (χ4n) is 1.23. The van der Waals surface area contributed by atoms with Gasteiger partial charge in [0.1, 0.15) is 0 Å². The number of furan rings is 1. The lowest BCUT2D eigenvalue weighted by Gasteiger charge is -2.03. The normalized spacial score (nSPS) is 12.6. The summed E-state index contributed by atoms with van der Waals surface area (Å²) >= 11 is 0. The van der Waals surface area contributed by atoms with E-state index < -0.39 is 6.10 Å². The van der Waals surface area contributed by atoms with Gasteiger partial charge in [-0.2, -0.15) is 0 Å². The molecule has 0 saturated carbocycles. The van der Waals surface area contributed by atoms with Gasteiger partial charge in [-0.25, -0.2) is 0 Å². The summed E-state index contributed by atoms with van der Waals surface area (Å²) in [5, 5.41) is 9.81. The third-order valence-electron chi connectivity index (χ3n) is 2.21. The van der Waals surface area contributed by atoms with E-state index in [9.17, 15) is 5.11 Å². The maximum Gasteiger partial charge on any atom is 0.0960 e. The van der Waals surface area contributed by atoms with E-state index in [-0.39, 0.29) is 0 Å². The van der Waals surface area contributed by atoms with Crippen LogP contribution in [0, 0.1) is 11.8 Å². The van der Waals surface area contributed by atoms with Crippen LogP contribution in [0.3, 0.4) is 0 Å². The third-order valence-corrected chi connectivity index (χ3v) is 2.21. The Bertz CT molecular complexity index is 449. The largest absolute Gasteiger partial charge is 0.472 e. The first-order chi connectivity index (χ1) is 8.09. The van der Waals surface area contributed by atoms with Crippen LogP contribution >= 0.6 is 0 Å². The Labute approximate surface area is 103 Å². The Kier molecular flexibility index (Phi) is 5.32. The smallest absolute Gasteiger partial charge is 0.0960 e. The highest BCUT2D eigenvalue weighted by Crippen LogP contribution is 2.17. The predicted octanol–water partition coefficient (Wildman–Crippen LogP) is 3.62. The first-order valence-electron chi connectivity index (χ1n) is 5.61. The molecule has 90 valence electrons. The molecule has 1 unspecified atom stereocenters. The van der Waals surface area contributed by atoms with Crippen molar-refractivity contribution < 1.29 is 9.52 Å². The van der Waals surface area contributed by atoms with Crippen molar-refractivity contribution in [1.82, 2.24) is 0 Å². The van der Waals surface area contributed by atoms with Crippen molar-refractivity contribution in [2.24, 2.45) is 0 Å². The van der Waals surface area contributed by atoms with Crippen molar-refractivity contribution in [3.05, 3.63) is 47.5 Å². The second kappa shape index (κ2) is 6.78. The van der Waals surface area contributed by atoms with Gasteiger partial charge < -0.3 is 9.52 Å². The summed E-state index contributed by atoms with van der Waals surface area (Å²) in [4.78, 5) is 0. The molecule has 2 heteroatoms. The van der Waals surface area contributed by atoms with Crippen LogP contribution in [0.15, 0.2) is 46.3 Å². The van der Waals surface area contributed by atoms with Gasteiger partial charge in [0, 0.05) is 5.56 Å². The lowest BCUT2D eigenvalue weighted by Crippen LogP contribution is -1.93. The predicted molar refractivity (Wildman–Crippen MR) is 69.2 cm³/mol. The number of aliphatic hydroxyl groups excluding tert-OH is 1. The van der Waals surface area contributed by atoms with Crippen LogP contribution in [0.5, 0.6) is 0 Å². The van der Waals surface area contributed by atoms with E-state index in [2.05, 4.69) is 11.8 Å². The van der Waals surface area contributed by atoms with Gasteiger partial charge in [-0.15, -0.1) is 0 Å². The fraction of sp³-hybridized carbons (Fsp3) is 0.333. The molecule has 2 nitrogen and oxygen atoms in total. The van der Waals surface area contributed by atoms with Gasteiger partial charge in [-0.1, -0.05) is 23.5 Å². The zero-order valence-corrected chi connectivity index (χ0v) is 10.5. The van der Waals surface area contributed by atoms with E-state index in [1.165, 1.54) is 5.57 Å². The van der Waals surface area contributed by atoms with Crippen LogP contribution < -0.4 is 0 Å². The maximum absolute atomic E-state index is 9.81. The molecule has 0 saturated heterocycles. The first kappa shape index (κ1) is 13.3. The molecule has 1 atom stereocenters. The average Bonchev–Trinajstić information content (AvgIpc) is 2.78. The highest BCUT2D eigenvalue weighted by molar-refractivity contribution is 5.32. The minimum Gasteiger partial charge on any atom is -0.472 e. The number of hydrogen-bond donors (Lipinski definition) is 1. The van der Waals surface area contributed by atoms with Gasteiger partial charge in [-0.3, -0.25) is 0 Å². The van der Waals surface area contributed by atoms with Crippen molar-refractivity contribution in [2.75, 3.05) is 0 Å². The molecule has 1 heterocycles. The van der Waals surface area contributed by atoms with Gasteiger partial charge in [0.25, 0.3) is 0 Å². The molecule has 0 aliphatic carbocycles. The molecule has 0 amide bonds. The zero-order chi connectivity index (χ0) is 12.7. The molecular formula is C15H18O2. The summed E-state index contributed by atoms with van der Waals surface area (Å²) in [6.07, 6.45) is 6.96. The molecule has 1 rings (SSSR count). The number of rotatable bonds is 3. The molecule has 0 fully saturated rings. The second-order valence-corrected chi connectivity index (χ2v) is 4.19. The molecule has 0 aliphatic heterocycles. The van der Waals surface area contributed by atoms with Gasteiger partial charge in [-0.05, 0) is 44.9 Å². The standard InChI is InChI=1S/C15H18O2/c1-12(2)5-4-6-13(3)7-8-15(16)14-9-10-17-11-14/h5,7,9-11,15-16H,8H2,1-3H3. The van der Waals surface area contributed by atoms with Crippen LogP contribution in [-0.4, -0.2) is 5.11 Å². The van der Waals surface area contributed by atoms with Gasteiger partial charge in [0.2, 0.25) is 0 Å². The van der Waals surface area contributed by atoms with Crippen LogP contribution in [0.4, 0.5) is 0 Å². The molecule has 0 aliphatic rings. The molecule has 0 spiro atoms. The van der Waals surface area contributed by atoms with Crippen LogP contribution in [0.1, 0.15) is 38.9 Å². The molecule has 0 radical (unpaired) electrons. The Morgan fingerprint density at radius 2 is 2.24 bits per heavy atom. The topological polar surface area (TPSA) is 33.4 Å². The van der Waals surface area contributed by atoms with Crippen LogP contribution in [0.25, 0.3) is 0 Å². The summed E-state index contributed by atoms with van der Waals surface area (Å²) in [5.74, 6) is 5.98. The highest BCUT2D eigenvalue weighted by Gasteiger charge is 2.06. The van der Waals surface area contributed by atoms with Gasteiger partial charge >= 0.3 is 0 Å². The van der Waals surface area contributed by atoms with Crippen molar-refractivity contribution in [3.8, 4) is 11.8 Å². The lowest BCUT2D eigenvalue weighted by atomic mass is 10.1. The third kappa shape index (κ3) is 5.24. The van der Waals surface area contributed by atoms with E-state index >= 15 is 0 Å².